The fraction of sp³-hybridized carbons (Fsp3) is 0.500. The third kappa shape index (κ3) is 1.04. The van der Waals surface area contributed by atoms with Gasteiger partial charge in [0.2, 0.25) is 0 Å². The zero-order chi connectivity index (χ0) is 6.85. The van der Waals surface area contributed by atoms with Crippen molar-refractivity contribution in [2.45, 2.75) is 13.8 Å². The van der Waals surface area contributed by atoms with Crippen LogP contribution in [0.2, 0.25) is 0 Å². The highest BCUT2D eigenvalue weighted by Crippen LogP contribution is 1.99. The fourth-order valence-electron chi connectivity index (χ4n) is 0.661. The second-order valence-electron chi connectivity index (χ2n) is 2.07. The van der Waals surface area contributed by atoms with Crippen LogP contribution in [-0.2, 0) is 0 Å². The van der Waals surface area contributed by atoms with E-state index in [9.17, 15) is 0 Å². The van der Waals surface area contributed by atoms with Gasteiger partial charge in [0.1, 0.15) is 0 Å². The summed E-state index contributed by atoms with van der Waals surface area (Å²) in [5.74, 6) is 0. The Morgan fingerprint density at radius 3 is 2.44 bits per heavy atom. The molecule has 1 rings (SSSR count). The fourth-order valence-corrected chi connectivity index (χ4v) is 0.661. The van der Waals surface area contributed by atoms with Crippen molar-refractivity contribution >= 4 is 0 Å². The lowest BCUT2D eigenvalue weighted by atomic mass is 10.3. The van der Waals surface area contributed by atoms with E-state index in [2.05, 4.69) is 10.5 Å². The molecule has 0 amide bonds. The molecule has 0 fully saturated rings. The molecule has 0 bridgehead atoms. The van der Waals surface area contributed by atoms with Gasteiger partial charge < -0.3 is 5.43 Å². The molecule has 1 aromatic rings. The first-order valence-electron chi connectivity index (χ1n) is 2.94. The van der Waals surface area contributed by atoms with Crippen LogP contribution in [0.25, 0.3) is 0 Å². The van der Waals surface area contributed by atoms with Gasteiger partial charge in [0.25, 0.3) is 0 Å². The zero-order valence-corrected chi connectivity index (χ0v) is 5.97. The van der Waals surface area contributed by atoms with Crippen LogP contribution in [0.15, 0.2) is 6.20 Å². The molecule has 0 aliphatic carbocycles. The predicted octanol–water partition coefficient (Wildman–Crippen LogP) is 0.673. The largest absolute Gasteiger partial charge is 0.313 e. The van der Waals surface area contributed by atoms with Gasteiger partial charge in [0, 0.05) is 7.05 Å². The van der Waals surface area contributed by atoms with Crippen molar-refractivity contribution in [2.24, 2.45) is 0 Å². The smallest absolute Gasteiger partial charge is 0.0643 e. The molecule has 1 aromatic heterocycles. The van der Waals surface area contributed by atoms with Gasteiger partial charge in [-0.3, -0.25) is 0 Å². The Labute approximate surface area is 54.7 Å². The van der Waals surface area contributed by atoms with Crippen molar-refractivity contribution in [3.8, 4) is 0 Å². The van der Waals surface area contributed by atoms with Crippen molar-refractivity contribution in [3.63, 3.8) is 0 Å². The van der Waals surface area contributed by atoms with Crippen LogP contribution in [0.3, 0.4) is 0 Å². The number of nitrogens with zero attached hydrogens (tertiary/aromatic N) is 2. The first kappa shape index (κ1) is 6.13. The van der Waals surface area contributed by atoms with E-state index < -0.39 is 0 Å². The van der Waals surface area contributed by atoms with E-state index in [0.29, 0.717) is 0 Å². The molecule has 0 unspecified atom stereocenters. The lowest BCUT2D eigenvalue weighted by molar-refractivity contribution is 0.770. The Hall–Kier alpha value is -0.990. The van der Waals surface area contributed by atoms with Crippen LogP contribution < -0.4 is 5.43 Å². The minimum atomic E-state index is 1.07. The number of nitrogens with one attached hydrogen (secondary N) is 1. The van der Waals surface area contributed by atoms with E-state index in [4.69, 9.17) is 0 Å². The van der Waals surface area contributed by atoms with Gasteiger partial charge in [0.05, 0.1) is 11.9 Å². The standard InChI is InChI=1S/C6H11N3/c1-5-4-9(7-3)8-6(5)2/h4,7H,1-3H3. The van der Waals surface area contributed by atoms with E-state index >= 15 is 0 Å². The van der Waals surface area contributed by atoms with Crippen molar-refractivity contribution in [2.75, 3.05) is 12.5 Å². The van der Waals surface area contributed by atoms with E-state index in [0.717, 1.165) is 5.69 Å². The minimum absolute atomic E-state index is 1.07. The summed E-state index contributed by atoms with van der Waals surface area (Å²) < 4.78 is 0. The summed E-state index contributed by atoms with van der Waals surface area (Å²) in [6.07, 6.45) is 1.95. The first-order chi connectivity index (χ1) is 4.24. The topological polar surface area (TPSA) is 29.9 Å². The van der Waals surface area contributed by atoms with Crippen molar-refractivity contribution in [1.82, 2.24) is 9.89 Å². The molecular weight excluding hydrogens is 114 g/mol. The van der Waals surface area contributed by atoms with Crippen LogP contribution in [-0.4, -0.2) is 16.9 Å². The first-order valence-corrected chi connectivity index (χ1v) is 2.94. The Morgan fingerprint density at radius 1 is 1.56 bits per heavy atom. The van der Waals surface area contributed by atoms with Gasteiger partial charge >= 0.3 is 0 Å². The van der Waals surface area contributed by atoms with Gasteiger partial charge in [-0.2, -0.15) is 9.89 Å². The van der Waals surface area contributed by atoms with Crippen LogP contribution >= 0.6 is 0 Å². The summed E-state index contributed by atoms with van der Waals surface area (Å²) in [7, 11) is 1.84. The third-order valence-corrected chi connectivity index (χ3v) is 1.37. The Kier molecular flexibility index (Phi) is 1.42. The Balaban J connectivity index is 2.98. The summed E-state index contributed by atoms with van der Waals surface area (Å²) in [5, 5.41) is 4.13. The highest BCUT2D eigenvalue weighted by molar-refractivity contribution is 5.12. The average Bonchev–Trinajstić information content (AvgIpc) is 2.13. The monoisotopic (exact) mass is 125 g/mol. The minimum Gasteiger partial charge on any atom is -0.313 e. The SMILES string of the molecule is CNn1cc(C)c(C)n1. The molecule has 0 aliphatic rings. The van der Waals surface area contributed by atoms with E-state index in [-0.39, 0.29) is 0 Å². The molecule has 0 saturated heterocycles. The van der Waals surface area contributed by atoms with Crippen molar-refractivity contribution in [3.05, 3.63) is 17.5 Å². The number of hydrogen-bond donors (Lipinski definition) is 1. The third-order valence-electron chi connectivity index (χ3n) is 1.37. The molecule has 3 nitrogen and oxygen atoms in total. The predicted molar refractivity (Wildman–Crippen MR) is 37.0 cm³/mol. The quantitative estimate of drug-likeness (QED) is 0.598. The van der Waals surface area contributed by atoms with Crippen molar-refractivity contribution < 1.29 is 0 Å². The van der Waals surface area contributed by atoms with Gasteiger partial charge in [0.15, 0.2) is 0 Å². The van der Waals surface area contributed by atoms with Gasteiger partial charge in [-0.25, -0.2) is 0 Å². The molecule has 1 N–H and O–H groups in total. The normalized spacial score (nSPS) is 9.67. The highest BCUT2D eigenvalue weighted by Gasteiger charge is 1.95. The lowest BCUT2D eigenvalue weighted by Gasteiger charge is -1.93. The lowest BCUT2D eigenvalue weighted by Crippen LogP contribution is -2.08. The second kappa shape index (κ2) is 2.09. The van der Waals surface area contributed by atoms with Crippen LogP contribution in [0.1, 0.15) is 11.3 Å². The summed E-state index contributed by atoms with van der Waals surface area (Å²) in [6, 6.07) is 0. The molecule has 1 heterocycles. The molecule has 3 heteroatoms. The maximum Gasteiger partial charge on any atom is 0.0643 e. The van der Waals surface area contributed by atoms with E-state index in [1.54, 1.807) is 4.79 Å². The number of aromatic nitrogens is 2. The number of aryl methyl sites for hydroxylation is 2. The van der Waals surface area contributed by atoms with E-state index in [1.165, 1.54) is 5.56 Å². The molecule has 0 radical (unpaired) electrons. The number of hydrogen-bond acceptors (Lipinski definition) is 2. The summed E-state index contributed by atoms with van der Waals surface area (Å²) in [5.41, 5.74) is 5.18. The van der Waals surface area contributed by atoms with Crippen LogP contribution in [0.4, 0.5) is 0 Å². The molecule has 0 aromatic carbocycles. The summed E-state index contributed by atoms with van der Waals surface area (Å²) in [6.45, 7) is 4.03. The summed E-state index contributed by atoms with van der Waals surface area (Å²) in [4.78, 5) is 1.70. The van der Waals surface area contributed by atoms with Crippen LogP contribution in [0, 0.1) is 13.8 Å². The number of rotatable bonds is 1. The molecule has 0 atom stereocenters. The van der Waals surface area contributed by atoms with E-state index in [1.807, 2.05) is 27.1 Å². The second-order valence-corrected chi connectivity index (χ2v) is 2.07. The maximum atomic E-state index is 4.13. The highest BCUT2D eigenvalue weighted by atomic mass is 15.5. The average molecular weight is 125 g/mol. The van der Waals surface area contributed by atoms with Gasteiger partial charge in [-0.05, 0) is 19.4 Å². The van der Waals surface area contributed by atoms with Crippen LogP contribution in [0.5, 0.6) is 0 Å². The zero-order valence-electron chi connectivity index (χ0n) is 5.97. The molecular formula is C6H11N3. The maximum absolute atomic E-state index is 4.13. The van der Waals surface area contributed by atoms with Gasteiger partial charge in [-0.1, -0.05) is 0 Å². The molecule has 0 spiro atoms. The Bertz CT molecular complexity index is 183. The molecule has 50 valence electrons. The molecule has 9 heavy (non-hydrogen) atoms. The van der Waals surface area contributed by atoms with Crippen molar-refractivity contribution in [1.29, 1.82) is 0 Å². The van der Waals surface area contributed by atoms with Gasteiger partial charge in [-0.15, -0.1) is 0 Å². The molecule has 0 aliphatic heterocycles. The Morgan fingerprint density at radius 2 is 2.22 bits per heavy atom. The molecule has 0 saturated carbocycles. The summed E-state index contributed by atoms with van der Waals surface area (Å²) >= 11 is 0.